The number of hydrogen-bond acceptors (Lipinski definition) is 6. The summed E-state index contributed by atoms with van der Waals surface area (Å²) in [5, 5.41) is 0.586. The zero-order chi connectivity index (χ0) is 14.1. The first-order chi connectivity index (χ1) is 9.60. The van der Waals surface area contributed by atoms with Gasteiger partial charge in [0.25, 0.3) is 0 Å². The van der Waals surface area contributed by atoms with Crippen molar-refractivity contribution in [2.45, 2.75) is 17.7 Å². The zero-order valence-electron chi connectivity index (χ0n) is 10.5. The van der Waals surface area contributed by atoms with Gasteiger partial charge in [-0.25, -0.2) is 9.97 Å². The van der Waals surface area contributed by atoms with Crippen LogP contribution in [0.15, 0.2) is 33.9 Å². The molecule has 104 valence electrons. The van der Waals surface area contributed by atoms with Crippen LogP contribution in [0.5, 0.6) is 5.75 Å². The van der Waals surface area contributed by atoms with E-state index >= 15 is 0 Å². The Hall–Kier alpha value is -1.47. The van der Waals surface area contributed by atoms with Gasteiger partial charge >= 0.3 is 0 Å². The fourth-order valence-corrected chi connectivity index (χ4v) is 3.35. The Labute approximate surface area is 129 Å². The van der Waals surface area contributed by atoms with Crippen molar-refractivity contribution in [2.75, 3.05) is 17.2 Å². The van der Waals surface area contributed by atoms with Crippen LogP contribution in [-0.4, -0.2) is 21.8 Å². The first-order valence-corrected chi connectivity index (χ1v) is 7.86. The molecule has 5 nitrogen and oxygen atoms in total. The van der Waals surface area contributed by atoms with E-state index in [0.29, 0.717) is 16.8 Å². The predicted octanol–water partition coefficient (Wildman–Crippen LogP) is 2.50. The third-order valence-electron chi connectivity index (χ3n) is 2.91. The number of hydrogen-bond donors (Lipinski definition) is 2. The van der Waals surface area contributed by atoms with E-state index in [4.69, 9.17) is 16.2 Å². The highest BCUT2D eigenvalue weighted by atomic mass is 79.9. The molecule has 7 heteroatoms. The molecule has 2 aromatic rings. The summed E-state index contributed by atoms with van der Waals surface area (Å²) in [5.41, 5.74) is 12.5. The Morgan fingerprint density at radius 2 is 2.00 bits per heavy atom. The van der Waals surface area contributed by atoms with Gasteiger partial charge in [-0.15, -0.1) is 0 Å². The average molecular weight is 353 g/mol. The molecule has 1 aromatic heterocycles. The molecule has 0 saturated heterocycles. The van der Waals surface area contributed by atoms with Crippen LogP contribution in [0.1, 0.15) is 5.56 Å². The van der Waals surface area contributed by atoms with Crippen molar-refractivity contribution < 1.29 is 4.74 Å². The van der Waals surface area contributed by atoms with Crippen molar-refractivity contribution in [1.82, 2.24) is 9.97 Å². The first-order valence-electron chi connectivity index (χ1n) is 6.08. The number of halogens is 1. The number of rotatable bonds is 3. The number of thioether (sulfide) groups is 1. The molecule has 1 aliphatic heterocycles. The third-order valence-corrected chi connectivity index (χ3v) is 4.38. The van der Waals surface area contributed by atoms with Crippen LogP contribution < -0.4 is 16.2 Å². The maximum atomic E-state index is 5.88. The van der Waals surface area contributed by atoms with Gasteiger partial charge in [0, 0.05) is 22.7 Å². The summed E-state index contributed by atoms with van der Waals surface area (Å²) in [6.45, 7) is 0. The highest BCUT2D eigenvalue weighted by Crippen LogP contribution is 2.33. The van der Waals surface area contributed by atoms with Gasteiger partial charge in [-0.2, -0.15) is 0 Å². The number of nitrogen functional groups attached to an aromatic ring is 2. The molecule has 1 aliphatic rings. The van der Waals surface area contributed by atoms with E-state index in [1.165, 1.54) is 17.3 Å². The second kappa shape index (κ2) is 5.49. The van der Waals surface area contributed by atoms with Crippen molar-refractivity contribution in [3.8, 4) is 5.75 Å². The topological polar surface area (TPSA) is 87.1 Å². The van der Waals surface area contributed by atoms with Crippen LogP contribution in [0.3, 0.4) is 0 Å². The quantitative estimate of drug-likeness (QED) is 0.651. The maximum Gasteiger partial charge on any atom is 0.191 e. The zero-order valence-corrected chi connectivity index (χ0v) is 12.9. The Morgan fingerprint density at radius 1 is 1.25 bits per heavy atom. The van der Waals surface area contributed by atoms with Crippen LogP contribution >= 0.6 is 27.7 Å². The van der Waals surface area contributed by atoms with E-state index in [1.54, 1.807) is 6.07 Å². The van der Waals surface area contributed by atoms with Crippen molar-refractivity contribution in [3.63, 3.8) is 0 Å². The first kappa shape index (κ1) is 13.5. The third kappa shape index (κ3) is 2.99. The van der Waals surface area contributed by atoms with E-state index in [-0.39, 0.29) is 6.10 Å². The number of nitrogens with zero attached hydrogens (tertiary/aromatic N) is 2. The van der Waals surface area contributed by atoms with Crippen LogP contribution in [0.2, 0.25) is 0 Å². The van der Waals surface area contributed by atoms with Crippen molar-refractivity contribution in [1.29, 1.82) is 0 Å². The van der Waals surface area contributed by atoms with Gasteiger partial charge in [0.2, 0.25) is 0 Å². The summed E-state index contributed by atoms with van der Waals surface area (Å²) in [6, 6.07) is 7.60. The summed E-state index contributed by atoms with van der Waals surface area (Å²) >= 11 is 4.97. The molecule has 1 atom stereocenters. The molecule has 0 fully saturated rings. The largest absolute Gasteiger partial charge is 0.489 e. The number of benzene rings is 1. The average Bonchev–Trinajstić information content (AvgIpc) is 2.77. The SMILES string of the molecule is Nc1cc(N)nc(SCC2Cc3cc(Br)ccc3O2)n1. The highest BCUT2D eigenvalue weighted by Gasteiger charge is 2.23. The minimum atomic E-state index is 0.121. The van der Waals surface area contributed by atoms with E-state index in [0.717, 1.165) is 22.4 Å². The van der Waals surface area contributed by atoms with Gasteiger partial charge in [0.15, 0.2) is 5.16 Å². The van der Waals surface area contributed by atoms with E-state index in [2.05, 4.69) is 32.0 Å². The molecule has 0 bridgehead atoms. The monoisotopic (exact) mass is 352 g/mol. The van der Waals surface area contributed by atoms with Crippen LogP contribution in [0.4, 0.5) is 11.6 Å². The van der Waals surface area contributed by atoms with Crippen LogP contribution in [0, 0.1) is 0 Å². The van der Waals surface area contributed by atoms with E-state index < -0.39 is 0 Å². The fraction of sp³-hybridized carbons (Fsp3) is 0.231. The smallest absolute Gasteiger partial charge is 0.191 e. The normalized spacial score (nSPS) is 16.8. The minimum Gasteiger partial charge on any atom is -0.489 e. The fourth-order valence-electron chi connectivity index (χ4n) is 2.08. The van der Waals surface area contributed by atoms with Gasteiger partial charge in [0.05, 0.1) is 0 Å². The summed E-state index contributed by atoms with van der Waals surface area (Å²) in [5.74, 6) is 2.49. The lowest BCUT2D eigenvalue weighted by Gasteiger charge is -2.09. The van der Waals surface area contributed by atoms with Crippen molar-refractivity contribution >= 4 is 39.3 Å². The molecule has 2 heterocycles. The van der Waals surface area contributed by atoms with Crippen molar-refractivity contribution in [2.24, 2.45) is 0 Å². The molecule has 0 amide bonds. The molecule has 1 unspecified atom stereocenters. The molecule has 0 radical (unpaired) electrons. The van der Waals surface area contributed by atoms with Gasteiger partial charge < -0.3 is 16.2 Å². The lowest BCUT2D eigenvalue weighted by atomic mass is 10.1. The summed E-state index contributed by atoms with van der Waals surface area (Å²) in [7, 11) is 0. The molecule has 1 aromatic carbocycles. The van der Waals surface area contributed by atoms with Gasteiger partial charge in [-0.1, -0.05) is 27.7 Å². The number of ether oxygens (including phenoxy) is 1. The summed E-state index contributed by atoms with van der Waals surface area (Å²) < 4.78 is 6.95. The standard InChI is InChI=1S/C13H13BrN4OS/c14-8-1-2-10-7(3-8)4-9(19-10)6-20-13-17-11(15)5-12(16)18-13/h1-3,5,9H,4,6H2,(H4,15,16,17,18). The van der Waals surface area contributed by atoms with Gasteiger partial charge in [-0.3, -0.25) is 0 Å². The number of nitrogens with two attached hydrogens (primary N) is 2. The minimum absolute atomic E-state index is 0.121. The number of fused-ring (bicyclic) bond motifs is 1. The molecular formula is C13H13BrN4OS. The Morgan fingerprint density at radius 3 is 2.75 bits per heavy atom. The van der Waals surface area contributed by atoms with Crippen LogP contribution in [-0.2, 0) is 6.42 Å². The van der Waals surface area contributed by atoms with Gasteiger partial charge in [-0.05, 0) is 23.8 Å². The summed E-state index contributed by atoms with van der Waals surface area (Å²) in [4.78, 5) is 8.29. The lowest BCUT2D eigenvalue weighted by molar-refractivity contribution is 0.259. The predicted molar refractivity (Wildman–Crippen MR) is 83.8 cm³/mol. The highest BCUT2D eigenvalue weighted by molar-refractivity contribution is 9.10. The Kier molecular flexibility index (Phi) is 3.71. The van der Waals surface area contributed by atoms with Crippen LogP contribution in [0.25, 0.3) is 0 Å². The van der Waals surface area contributed by atoms with E-state index in [9.17, 15) is 0 Å². The number of anilines is 2. The lowest BCUT2D eigenvalue weighted by Crippen LogP contribution is -2.16. The Bertz CT molecular complexity index is 632. The molecule has 0 spiro atoms. The molecule has 0 saturated carbocycles. The Balaban J connectivity index is 1.63. The second-order valence-corrected chi connectivity index (χ2v) is 6.41. The van der Waals surface area contributed by atoms with E-state index in [1.807, 2.05) is 12.1 Å². The summed E-state index contributed by atoms with van der Waals surface area (Å²) in [6.07, 6.45) is 1.01. The maximum absolute atomic E-state index is 5.88. The van der Waals surface area contributed by atoms with Gasteiger partial charge in [0.1, 0.15) is 23.5 Å². The molecule has 4 N–H and O–H groups in total. The molecule has 3 rings (SSSR count). The molecule has 0 aliphatic carbocycles. The molecule has 20 heavy (non-hydrogen) atoms. The van der Waals surface area contributed by atoms with Crippen molar-refractivity contribution in [3.05, 3.63) is 34.3 Å². The number of aromatic nitrogens is 2. The molecular weight excluding hydrogens is 340 g/mol. The second-order valence-electron chi connectivity index (χ2n) is 4.51.